The van der Waals surface area contributed by atoms with Gasteiger partial charge in [0.05, 0.1) is 18.7 Å². The van der Waals surface area contributed by atoms with Gasteiger partial charge in [-0.25, -0.2) is 0 Å². The standard InChI is InChI=1S/C24H19NO4/c1-4-13-29-16-11-9-15(10-12-16)20-19(24(27)28-3)14(2)25-22-17-7-5-6-8-18(17)23(26)21(20)22/h1,5-12,19-21H,2,13H2,3H3/t19-,20+,21?/m0/s1. The number of nitrogens with zero attached hydrogens (tertiary/aromatic N) is 1. The first-order chi connectivity index (χ1) is 14.1. The van der Waals surface area contributed by atoms with E-state index in [0.29, 0.717) is 22.7 Å². The molecule has 1 aliphatic carbocycles. The SMILES string of the molecule is C#CCOc1ccc([C@H]2C3C(=O)c4ccccc4C3=NC(=C)[C@@H]2C(=O)OC)cc1. The molecule has 1 aliphatic heterocycles. The quantitative estimate of drug-likeness (QED) is 0.598. The Kier molecular flexibility index (Phi) is 4.77. The summed E-state index contributed by atoms with van der Waals surface area (Å²) in [6.07, 6.45) is 5.23. The minimum Gasteiger partial charge on any atom is -0.481 e. The Balaban J connectivity index is 1.82. The molecule has 5 heteroatoms. The summed E-state index contributed by atoms with van der Waals surface area (Å²) in [4.78, 5) is 30.5. The molecule has 2 aromatic rings. The zero-order valence-corrected chi connectivity index (χ0v) is 15.9. The van der Waals surface area contributed by atoms with Crippen molar-refractivity contribution in [3.63, 3.8) is 0 Å². The number of ether oxygens (including phenoxy) is 2. The number of carbonyl (C=O) groups is 2. The van der Waals surface area contributed by atoms with E-state index in [1.54, 1.807) is 18.2 Å². The average Bonchev–Trinajstić information content (AvgIpc) is 3.03. The Morgan fingerprint density at radius 3 is 2.52 bits per heavy atom. The van der Waals surface area contributed by atoms with Crippen molar-refractivity contribution in [3.8, 4) is 18.1 Å². The first-order valence-electron chi connectivity index (χ1n) is 9.22. The smallest absolute Gasteiger partial charge is 0.315 e. The van der Waals surface area contributed by atoms with E-state index in [1.807, 2.05) is 30.3 Å². The molecule has 3 atom stereocenters. The van der Waals surface area contributed by atoms with Crippen molar-refractivity contribution in [2.75, 3.05) is 13.7 Å². The molecular formula is C24H19NO4. The van der Waals surface area contributed by atoms with Crippen LogP contribution < -0.4 is 4.74 Å². The summed E-state index contributed by atoms with van der Waals surface area (Å²) in [5.74, 6) is 0.750. The Morgan fingerprint density at radius 2 is 1.86 bits per heavy atom. The molecule has 0 saturated carbocycles. The Morgan fingerprint density at radius 1 is 1.17 bits per heavy atom. The second kappa shape index (κ2) is 7.40. The summed E-state index contributed by atoms with van der Waals surface area (Å²) in [5, 5.41) is 0. The van der Waals surface area contributed by atoms with Gasteiger partial charge in [0, 0.05) is 22.7 Å². The lowest BCUT2D eigenvalue weighted by Gasteiger charge is -2.34. The predicted molar refractivity (Wildman–Crippen MR) is 109 cm³/mol. The Hall–Kier alpha value is -3.65. The molecule has 0 saturated heterocycles. The number of rotatable bonds is 4. The molecule has 1 unspecified atom stereocenters. The number of Topliss-reactive ketones (excluding diaryl/α,β-unsaturated/α-hetero) is 1. The van der Waals surface area contributed by atoms with Gasteiger partial charge in [-0.1, -0.05) is 48.9 Å². The van der Waals surface area contributed by atoms with E-state index in [4.69, 9.17) is 15.9 Å². The number of methoxy groups -OCH3 is 1. The third-order valence-electron chi connectivity index (χ3n) is 5.43. The first-order valence-corrected chi connectivity index (χ1v) is 9.22. The molecule has 1 heterocycles. The normalized spacial score (nSPS) is 22.2. The average molecular weight is 385 g/mol. The topological polar surface area (TPSA) is 65.0 Å². The zero-order chi connectivity index (χ0) is 20.5. The van der Waals surface area contributed by atoms with Crippen molar-refractivity contribution < 1.29 is 19.1 Å². The zero-order valence-electron chi connectivity index (χ0n) is 15.9. The highest BCUT2D eigenvalue weighted by molar-refractivity contribution is 6.29. The minimum atomic E-state index is -0.746. The summed E-state index contributed by atoms with van der Waals surface area (Å²) in [6.45, 7) is 4.17. The monoisotopic (exact) mass is 385 g/mol. The number of esters is 1. The second-order valence-electron chi connectivity index (χ2n) is 6.96. The number of ketones is 1. The van der Waals surface area contributed by atoms with E-state index < -0.39 is 23.7 Å². The van der Waals surface area contributed by atoms with Crippen LogP contribution in [-0.2, 0) is 9.53 Å². The van der Waals surface area contributed by atoms with Crippen LogP contribution >= 0.6 is 0 Å². The summed E-state index contributed by atoms with van der Waals surface area (Å²) < 4.78 is 10.5. The molecule has 0 bridgehead atoms. The van der Waals surface area contributed by atoms with Crippen LogP contribution in [0.25, 0.3) is 0 Å². The molecule has 0 radical (unpaired) electrons. The molecule has 0 spiro atoms. The van der Waals surface area contributed by atoms with Gasteiger partial charge >= 0.3 is 5.97 Å². The van der Waals surface area contributed by atoms with Gasteiger partial charge in [0.15, 0.2) is 5.78 Å². The fourth-order valence-electron chi connectivity index (χ4n) is 4.17. The summed E-state index contributed by atoms with van der Waals surface area (Å²) in [7, 11) is 1.33. The van der Waals surface area contributed by atoms with Crippen molar-refractivity contribution in [1.82, 2.24) is 0 Å². The minimum absolute atomic E-state index is 0.0431. The van der Waals surface area contributed by atoms with E-state index in [9.17, 15) is 9.59 Å². The molecule has 0 amide bonds. The van der Waals surface area contributed by atoms with Crippen LogP contribution in [0.15, 0.2) is 65.8 Å². The number of benzene rings is 2. The largest absolute Gasteiger partial charge is 0.481 e. The lowest BCUT2D eigenvalue weighted by molar-refractivity contribution is -0.145. The van der Waals surface area contributed by atoms with Crippen LogP contribution in [0.2, 0.25) is 0 Å². The van der Waals surface area contributed by atoms with Gasteiger partial charge in [-0.05, 0) is 17.7 Å². The van der Waals surface area contributed by atoms with Crippen LogP contribution in [0.4, 0.5) is 0 Å². The van der Waals surface area contributed by atoms with E-state index >= 15 is 0 Å². The van der Waals surface area contributed by atoms with Crippen LogP contribution in [0.5, 0.6) is 5.75 Å². The molecule has 5 nitrogen and oxygen atoms in total. The maximum Gasteiger partial charge on any atom is 0.315 e. The van der Waals surface area contributed by atoms with E-state index in [-0.39, 0.29) is 12.4 Å². The fraction of sp³-hybridized carbons (Fsp3) is 0.208. The Bertz CT molecular complexity index is 1070. The molecule has 4 rings (SSSR count). The van der Waals surface area contributed by atoms with Gasteiger partial charge in [-0.2, -0.15) is 0 Å². The van der Waals surface area contributed by atoms with Gasteiger partial charge < -0.3 is 9.47 Å². The molecular weight excluding hydrogens is 366 g/mol. The van der Waals surface area contributed by atoms with Gasteiger partial charge in [0.1, 0.15) is 18.3 Å². The third-order valence-corrected chi connectivity index (χ3v) is 5.43. The molecule has 0 aromatic heterocycles. The number of aliphatic imine (C=N–C) groups is 1. The van der Waals surface area contributed by atoms with Gasteiger partial charge in [-0.15, -0.1) is 6.42 Å². The summed E-state index contributed by atoms with van der Waals surface area (Å²) in [6, 6.07) is 14.6. The number of fused-ring (bicyclic) bond motifs is 3. The molecule has 0 N–H and O–H groups in total. The number of hydrogen-bond donors (Lipinski definition) is 0. The van der Waals surface area contributed by atoms with Crippen molar-refractivity contribution in [1.29, 1.82) is 0 Å². The van der Waals surface area contributed by atoms with Crippen LogP contribution in [-0.4, -0.2) is 31.2 Å². The second-order valence-corrected chi connectivity index (χ2v) is 6.96. The highest BCUT2D eigenvalue weighted by Crippen LogP contribution is 2.47. The molecule has 144 valence electrons. The first kappa shape index (κ1) is 18.7. The van der Waals surface area contributed by atoms with Crippen molar-refractivity contribution >= 4 is 17.5 Å². The van der Waals surface area contributed by atoms with E-state index in [2.05, 4.69) is 17.5 Å². The summed E-state index contributed by atoms with van der Waals surface area (Å²) in [5.41, 5.74) is 3.28. The van der Waals surface area contributed by atoms with E-state index in [0.717, 1.165) is 11.1 Å². The summed E-state index contributed by atoms with van der Waals surface area (Å²) >= 11 is 0. The number of terminal acetylenes is 1. The van der Waals surface area contributed by atoms with Crippen LogP contribution in [0.3, 0.4) is 0 Å². The van der Waals surface area contributed by atoms with Crippen LogP contribution in [0, 0.1) is 24.2 Å². The molecule has 2 aromatic carbocycles. The van der Waals surface area contributed by atoms with Crippen molar-refractivity contribution in [2.45, 2.75) is 5.92 Å². The maximum absolute atomic E-state index is 13.3. The fourth-order valence-corrected chi connectivity index (χ4v) is 4.17. The maximum atomic E-state index is 13.3. The predicted octanol–water partition coefficient (Wildman–Crippen LogP) is 3.40. The molecule has 2 aliphatic rings. The highest BCUT2D eigenvalue weighted by Gasteiger charge is 2.50. The molecule has 29 heavy (non-hydrogen) atoms. The van der Waals surface area contributed by atoms with E-state index in [1.165, 1.54) is 7.11 Å². The number of hydrogen-bond acceptors (Lipinski definition) is 5. The van der Waals surface area contributed by atoms with Gasteiger partial charge in [-0.3, -0.25) is 14.6 Å². The van der Waals surface area contributed by atoms with Crippen molar-refractivity contribution in [3.05, 3.63) is 77.5 Å². The van der Waals surface area contributed by atoms with Crippen molar-refractivity contribution in [2.24, 2.45) is 16.8 Å². The van der Waals surface area contributed by atoms with Crippen LogP contribution in [0.1, 0.15) is 27.4 Å². The van der Waals surface area contributed by atoms with Gasteiger partial charge in [0.2, 0.25) is 0 Å². The lowest BCUT2D eigenvalue weighted by atomic mass is 9.71. The molecule has 0 fully saturated rings. The number of carbonyl (C=O) groups excluding carboxylic acids is 2. The highest BCUT2D eigenvalue weighted by atomic mass is 16.5. The Labute approximate surface area is 169 Å². The van der Waals surface area contributed by atoms with Gasteiger partial charge in [0.25, 0.3) is 0 Å². The lowest BCUT2D eigenvalue weighted by Crippen LogP contribution is -2.38. The third kappa shape index (κ3) is 3.03.